The van der Waals surface area contributed by atoms with Crippen molar-refractivity contribution in [1.29, 1.82) is 0 Å². The van der Waals surface area contributed by atoms with Gasteiger partial charge in [-0.05, 0) is 0 Å². The molecule has 2 rings (SSSR count). The Kier molecular flexibility index (Phi) is 3.34. The Morgan fingerprint density at radius 2 is 2.29 bits per heavy atom. The highest BCUT2D eigenvalue weighted by molar-refractivity contribution is 7.99. The minimum absolute atomic E-state index is 0.0133. The molecule has 0 amide bonds. The lowest BCUT2D eigenvalue weighted by atomic mass is 10.3. The van der Waals surface area contributed by atoms with E-state index in [1.54, 1.807) is 12.4 Å². The number of hydrogen-bond acceptors (Lipinski definition) is 5. The lowest BCUT2D eigenvalue weighted by molar-refractivity contribution is 0.0693. The molecule has 0 spiro atoms. The number of ether oxygens (including phenoxy) is 1. The van der Waals surface area contributed by atoms with E-state index >= 15 is 0 Å². The van der Waals surface area contributed by atoms with E-state index < -0.39 is 0 Å². The Bertz CT molecular complexity index is 285. The molecule has 0 aromatic carbocycles. The number of nitrogens with zero attached hydrogens (tertiary/aromatic N) is 2. The van der Waals surface area contributed by atoms with E-state index in [-0.39, 0.29) is 12.7 Å². The molecule has 0 aliphatic carbocycles. The topological polar surface area (TPSA) is 55.2 Å². The van der Waals surface area contributed by atoms with Gasteiger partial charge in [0.15, 0.2) is 5.82 Å². The fourth-order valence-electron chi connectivity index (χ4n) is 1.25. The number of thioether (sulfide) groups is 1. The van der Waals surface area contributed by atoms with Crippen molar-refractivity contribution < 1.29 is 9.84 Å². The Hall–Kier alpha value is -0.650. The summed E-state index contributed by atoms with van der Waals surface area (Å²) in [5.41, 5.74) is 0.734. The van der Waals surface area contributed by atoms with Crippen LogP contribution in [0.1, 0.15) is 17.5 Å². The van der Waals surface area contributed by atoms with E-state index in [2.05, 4.69) is 9.97 Å². The van der Waals surface area contributed by atoms with E-state index in [0.717, 1.165) is 29.5 Å². The van der Waals surface area contributed by atoms with Gasteiger partial charge in [0.05, 0.1) is 13.2 Å². The summed E-state index contributed by atoms with van der Waals surface area (Å²) >= 11 is 1.85. The molecule has 1 fully saturated rings. The van der Waals surface area contributed by atoms with Crippen LogP contribution >= 0.6 is 11.8 Å². The van der Waals surface area contributed by atoms with Crippen LogP contribution in [0.3, 0.4) is 0 Å². The number of aliphatic hydroxyl groups is 1. The van der Waals surface area contributed by atoms with Crippen molar-refractivity contribution in [2.45, 2.75) is 12.7 Å². The zero-order valence-corrected chi connectivity index (χ0v) is 8.54. The van der Waals surface area contributed by atoms with Crippen molar-refractivity contribution in [2.24, 2.45) is 0 Å². The van der Waals surface area contributed by atoms with Crippen molar-refractivity contribution in [3.8, 4) is 0 Å². The van der Waals surface area contributed by atoms with E-state index in [0.29, 0.717) is 0 Å². The first kappa shape index (κ1) is 9.89. The molecule has 2 heterocycles. The molecular formula is C9H12N2O2S. The van der Waals surface area contributed by atoms with Gasteiger partial charge in [-0.3, -0.25) is 0 Å². The maximum absolute atomic E-state index is 8.82. The Morgan fingerprint density at radius 3 is 2.86 bits per heavy atom. The van der Waals surface area contributed by atoms with Crippen molar-refractivity contribution in [3.63, 3.8) is 0 Å². The van der Waals surface area contributed by atoms with Gasteiger partial charge in [-0.2, -0.15) is 11.8 Å². The van der Waals surface area contributed by atoms with Gasteiger partial charge < -0.3 is 9.84 Å². The molecule has 1 N–H and O–H groups in total. The van der Waals surface area contributed by atoms with Crippen LogP contribution in [0, 0.1) is 0 Å². The average molecular weight is 212 g/mol. The number of hydrogen-bond donors (Lipinski definition) is 1. The zero-order valence-electron chi connectivity index (χ0n) is 7.72. The molecule has 0 bridgehead atoms. The predicted octanol–water partition coefficient (Wildman–Crippen LogP) is 0.773. The monoisotopic (exact) mass is 212 g/mol. The predicted molar refractivity (Wildman–Crippen MR) is 54.0 cm³/mol. The summed E-state index contributed by atoms with van der Waals surface area (Å²) in [7, 11) is 0. The molecule has 76 valence electrons. The van der Waals surface area contributed by atoms with Crippen LogP contribution in [-0.2, 0) is 11.3 Å². The van der Waals surface area contributed by atoms with Gasteiger partial charge in [-0.25, -0.2) is 9.97 Å². The third-order valence-corrected chi connectivity index (χ3v) is 3.01. The first-order valence-electron chi connectivity index (χ1n) is 4.51. The third kappa shape index (κ3) is 2.23. The van der Waals surface area contributed by atoms with Crippen molar-refractivity contribution >= 4 is 11.8 Å². The quantitative estimate of drug-likeness (QED) is 0.785. The molecule has 14 heavy (non-hydrogen) atoms. The molecular weight excluding hydrogens is 200 g/mol. The maximum atomic E-state index is 8.82. The summed E-state index contributed by atoms with van der Waals surface area (Å²) in [6.07, 6.45) is 3.30. The molecule has 4 nitrogen and oxygen atoms in total. The highest BCUT2D eigenvalue weighted by Gasteiger charge is 2.18. The van der Waals surface area contributed by atoms with Gasteiger partial charge in [-0.15, -0.1) is 0 Å². The standard InChI is InChI=1S/C9H12N2O2S/c12-5-7-3-10-9(11-4-7)8-6-14-2-1-13-8/h3-4,8,12H,1-2,5-6H2. The summed E-state index contributed by atoms with van der Waals surface area (Å²) in [4.78, 5) is 8.33. The number of aliphatic hydroxyl groups excluding tert-OH is 1. The summed E-state index contributed by atoms with van der Waals surface area (Å²) in [5, 5.41) is 8.82. The van der Waals surface area contributed by atoms with E-state index in [9.17, 15) is 0 Å². The fraction of sp³-hybridized carbons (Fsp3) is 0.556. The van der Waals surface area contributed by atoms with Gasteiger partial charge in [0.1, 0.15) is 6.10 Å². The van der Waals surface area contributed by atoms with Gasteiger partial charge in [-0.1, -0.05) is 0 Å². The minimum Gasteiger partial charge on any atom is -0.392 e. The number of rotatable bonds is 2. The zero-order chi connectivity index (χ0) is 9.80. The second kappa shape index (κ2) is 4.72. The first-order valence-corrected chi connectivity index (χ1v) is 5.66. The molecule has 0 radical (unpaired) electrons. The SMILES string of the molecule is OCc1cnc(C2CSCCO2)nc1. The molecule has 1 atom stereocenters. The molecule has 1 unspecified atom stereocenters. The normalized spacial score (nSPS) is 22.2. The van der Waals surface area contributed by atoms with Crippen molar-refractivity contribution in [2.75, 3.05) is 18.1 Å². The second-order valence-corrected chi connectivity index (χ2v) is 4.19. The van der Waals surface area contributed by atoms with Crippen LogP contribution in [0.2, 0.25) is 0 Å². The summed E-state index contributed by atoms with van der Waals surface area (Å²) in [5.74, 6) is 2.68. The Labute approximate surface area is 86.7 Å². The van der Waals surface area contributed by atoms with Crippen LogP contribution in [0.4, 0.5) is 0 Å². The molecule has 5 heteroatoms. The largest absolute Gasteiger partial charge is 0.392 e. The molecule has 1 aliphatic heterocycles. The van der Waals surface area contributed by atoms with Crippen LogP contribution < -0.4 is 0 Å². The lowest BCUT2D eigenvalue weighted by Crippen LogP contribution is -2.18. The van der Waals surface area contributed by atoms with Crippen LogP contribution in [-0.4, -0.2) is 33.2 Å². The first-order chi connectivity index (χ1) is 6.90. The maximum Gasteiger partial charge on any atom is 0.157 e. The second-order valence-electron chi connectivity index (χ2n) is 3.04. The molecule has 1 aliphatic rings. The van der Waals surface area contributed by atoms with E-state index in [1.165, 1.54) is 0 Å². The highest BCUT2D eigenvalue weighted by atomic mass is 32.2. The van der Waals surface area contributed by atoms with Crippen molar-refractivity contribution in [1.82, 2.24) is 9.97 Å². The van der Waals surface area contributed by atoms with Crippen LogP contribution in [0.5, 0.6) is 0 Å². The Balaban J connectivity index is 2.07. The minimum atomic E-state index is -0.0133. The fourth-order valence-corrected chi connectivity index (χ4v) is 2.09. The van der Waals surface area contributed by atoms with E-state index in [1.807, 2.05) is 11.8 Å². The smallest absolute Gasteiger partial charge is 0.157 e. The molecule has 1 saturated heterocycles. The van der Waals surface area contributed by atoms with Gasteiger partial charge in [0.2, 0.25) is 0 Å². The van der Waals surface area contributed by atoms with Gasteiger partial charge in [0.25, 0.3) is 0 Å². The third-order valence-electron chi connectivity index (χ3n) is 2.01. The van der Waals surface area contributed by atoms with Gasteiger partial charge in [0, 0.05) is 29.5 Å². The number of aromatic nitrogens is 2. The highest BCUT2D eigenvalue weighted by Crippen LogP contribution is 2.23. The van der Waals surface area contributed by atoms with Crippen molar-refractivity contribution in [3.05, 3.63) is 23.8 Å². The molecule has 0 saturated carbocycles. The van der Waals surface area contributed by atoms with Gasteiger partial charge >= 0.3 is 0 Å². The summed E-state index contributed by atoms with van der Waals surface area (Å²) < 4.78 is 5.53. The lowest BCUT2D eigenvalue weighted by Gasteiger charge is -2.20. The molecule has 1 aromatic heterocycles. The van der Waals surface area contributed by atoms with E-state index in [4.69, 9.17) is 9.84 Å². The average Bonchev–Trinajstić information content (AvgIpc) is 2.30. The Morgan fingerprint density at radius 1 is 1.50 bits per heavy atom. The van der Waals surface area contributed by atoms with Crippen LogP contribution in [0.15, 0.2) is 12.4 Å². The summed E-state index contributed by atoms with van der Waals surface area (Å²) in [6.45, 7) is 0.751. The van der Waals surface area contributed by atoms with Crippen LogP contribution in [0.25, 0.3) is 0 Å². The summed E-state index contributed by atoms with van der Waals surface area (Å²) in [6, 6.07) is 0. The molecule has 1 aromatic rings.